The van der Waals surface area contributed by atoms with Crippen molar-refractivity contribution in [3.63, 3.8) is 0 Å². The van der Waals surface area contributed by atoms with E-state index in [0.717, 1.165) is 0 Å². The smallest absolute Gasteiger partial charge is 0.303 e. The third-order valence-electron chi connectivity index (χ3n) is 7.63. The van der Waals surface area contributed by atoms with E-state index < -0.39 is 40.6 Å². The number of carbonyl (C=O) groups is 1. The highest BCUT2D eigenvalue weighted by atomic mass is 19.1. The van der Waals surface area contributed by atoms with E-state index in [1.54, 1.807) is 24.4 Å². The molecule has 0 unspecified atom stereocenters. The van der Waals surface area contributed by atoms with Gasteiger partial charge in [-0.1, -0.05) is 11.8 Å². The van der Waals surface area contributed by atoms with Gasteiger partial charge in [0.2, 0.25) is 0 Å². The first-order valence-corrected chi connectivity index (χ1v) is 13.0. The zero-order valence-corrected chi connectivity index (χ0v) is 22.2. The molecule has 212 valence electrons. The number of benzene rings is 2. The third kappa shape index (κ3) is 6.72. The Morgan fingerprint density at radius 3 is 2.52 bits per heavy atom. The maximum Gasteiger partial charge on any atom is 0.303 e. The molecule has 2 heterocycles. The maximum atomic E-state index is 15.9. The summed E-state index contributed by atoms with van der Waals surface area (Å²) in [5, 5.41) is 10.2. The summed E-state index contributed by atoms with van der Waals surface area (Å²) in [6, 6.07) is 6.40. The molecule has 0 amide bonds. The molecule has 0 spiro atoms. The predicted molar refractivity (Wildman–Crippen MR) is 143 cm³/mol. The van der Waals surface area contributed by atoms with Crippen LogP contribution in [-0.4, -0.2) is 47.7 Å². The molecule has 0 aliphatic carbocycles. The predicted octanol–water partition coefficient (Wildman–Crippen LogP) is 5.52. The minimum Gasteiger partial charge on any atom is -0.497 e. The van der Waals surface area contributed by atoms with Gasteiger partial charge in [0.25, 0.3) is 0 Å². The maximum absolute atomic E-state index is 15.9. The molecule has 1 fully saturated rings. The van der Waals surface area contributed by atoms with Crippen LogP contribution in [-0.2, 0) is 11.3 Å². The van der Waals surface area contributed by atoms with Gasteiger partial charge >= 0.3 is 5.97 Å². The van der Waals surface area contributed by atoms with E-state index in [4.69, 9.17) is 10.5 Å². The van der Waals surface area contributed by atoms with E-state index in [0.29, 0.717) is 72.3 Å². The van der Waals surface area contributed by atoms with Crippen molar-refractivity contribution in [3.05, 3.63) is 70.7 Å². The molecule has 1 atom stereocenters. The number of ether oxygens (including phenoxy) is 1. The first-order chi connectivity index (χ1) is 19.1. The van der Waals surface area contributed by atoms with Crippen molar-refractivity contribution >= 4 is 16.9 Å². The summed E-state index contributed by atoms with van der Waals surface area (Å²) >= 11 is 0. The van der Waals surface area contributed by atoms with Crippen LogP contribution >= 0.6 is 0 Å². The number of pyridine rings is 1. The molecule has 4 rings (SSSR count). The average Bonchev–Trinajstić information content (AvgIpc) is 2.92. The molecular weight excluding hydrogens is 526 g/mol. The zero-order valence-electron chi connectivity index (χ0n) is 22.2. The van der Waals surface area contributed by atoms with Gasteiger partial charge in [0.15, 0.2) is 0 Å². The van der Waals surface area contributed by atoms with Gasteiger partial charge in [-0.25, -0.2) is 17.6 Å². The van der Waals surface area contributed by atoms with E-state index in [9.17, 15) is 23.1 Å². The quantitative estimate of drug-likeness (QED) is 0.266. The largest absolute Gasteiger partial charge is 0.497 e. The highest BCUT2D eigenvalue weighted by Crippen LogP contribution is 2.43. The first-order valence-electron chi connectivity index (χ1n) is 13.0. The van der Waals surface area contributed by atoms with Crippen molar-refractivity contribution < 1.29 is 32.2 Å². The summed E-state index contributed by atoms with van der Waals surface area (Å²) in [6.45, 7) is 1.31. The van der Waals surface area contributed by atoms with Crippen LogP contribution in [0.2, 0.25) is 0 Å². The summed E-state index contributed by atoms with van der Waals surface area (Å²) in [5.41, 5.74) is 6.45. The molecule has 1 saturated heterocycles. The molecule has 1 aromatic heterocycles. The number of methoxy groups -OCH3 is 1. The van der Waals surface area contributed by atoms with E-state index in [1.165, 1.54) is 7.11 Å². The number of piperidine rings is 1. The number of aliphatic carboxylic acids is 1. The minimum atomic E-state index is -1.38. The Morgan fingerprint density at radius 2 is 1.90 bits per heavy atom. The van der Waals surface area contributed by atoms with Gasteiger partial charge in [-0.15, -0.1) is 0 Å². The van der Waals surface area contributed by atoms with Crippen LogP contribution in [0.5, 0.6) is 5.75 Å². The molecule has 0 saturated carbocycles. The van der Waals surface area contributed by atoms with Crippen molar-refractivity contribution in [2.75, 3.05) is 26.7 Å². The van der Waals surface area contributed by atoms with Gasteiger partial charge in [0, 0.05) is 35.8 Å². The molecule has 1 aliphatic rings. The number of hydrogen-bond donors (Lipinski definition) is 2. The van der Waals surface area contributed by atoms with Crippen LogP contribution in [0, 0.1) is 34.7 Å². The van der Waals surface area contributed by atoms with Crippen molar-refractivity contribution in [2.45, 2.75) is 44.8 Å². The highest BCUT2D eigenvalue weighted by molar-refractivity contribution is 5.85. The Kier molecular flexibility index (Phi) is 9.28. The molecular formula is C30H31F4N3O3. The Balaban J connectivity index is 1.46. The van der Waals surface area contributed by atoms with Crippen molar-refractivity contribution in [1.29, 1.82) is 0 Å². The second kappa shape index (κ2) is 12.7. The fourth-order valence-electron chi connectivity index (χ4n) is 5.39. The van der Waals surface area contributed by atoms with Crippen LogP contribution in [0.1, 0.15) is 55.0 Å². The van der Waals surface area contributed by atoms with Crippen LogP contribution in [0.3, 0.4) is 0 Å². The molecule has 6 nitrogen and oxygen atoms in total. The molecule has 10 heteroatoms. The van der Waals surface area contributed by atoms with E-state index >= 15 is 4.39 Å². The van der Waals surface area contributed by atoms with Gasteiger partial charge in [0.1, 0.15) is 29.4 Å². The molecule has 0 bridgehead atoms. The zero-order chi connectivity index (χ0) is 28.9. The third-order valence-corrected chi connectivity index (χ3v) is 7.63. The second-order valence-corrected chi connectivity index (χ2v) is 10.2. The number of likely N-dealkylation sites (tertiary alicyclic amines) is 1. The number of fused-ring (bicyclic) bond motifs is 1. The topological polar surface area (TPSA) is 88.7 Å². The van der Waals surface area contributed by atoms with Gasteiger partial charge in [0.05, 0.1) is 31.2 Å². The number of aromatic nitrogens is 1. The summed E-state index contributed by atoms with van der Waals surface area (Å²) in [7, 11) is 1.53. The fourth-order valence-corrected chi connectivity index (χ4v) is 5.39. The van der Waals surface area contributed by atoms with E-state index in [2.05, 4.69) is 16.8 Å². The summed E-state index contributed by atoms with van der Waals surface area (Å²) in [6.07, 6.45) is 1.56. The lowest BCUT2D eigenvalue weighted by Gasteiger charge is -2.41. The van der Waals surface area contributed by atoms with Crippen molar-refractivity contribution in [1.82, 2.24) is 9.88 Å². The molecule has 40 heavy (non-hydrogen) atoms. The Hall–Kier alpha value is -3.68. The number of alkyl halides is 1. The van der Waals surface area contributed by atoms with Gasteiger partial charge in [-0.2, -0.15) is 0 Å². The normalized spacial score (nSPS) is 15.8. The number of halogens is 4. The molecule has 1 aliphatic heterocycles. The lowest BCUT2D eigenvalue weighted by atomic mass is 9.71. The van der Waals surface area contributed by atoms with Gasteiger partial charge in [-0.3, -0.25) is 14.7 Å². The Morgan fingerprint density at radius 1 is 1.20 bits per heavy atom. The molecule has 3 aromatic rings. The summed E-state index contributed by atoms with van der Waals surface area (Å²) < 4.78 is 62.0. The van der Waals surface area contributed by atoms with E-state index in [1.807, 2.05) is 4.90 Å². The number of rotatable bonds is 9. The number of hydrogen-bond acceptors (Lipinski definition) is 5. The Bertz CT molecular complexity index is 1420. The summed E-state index contributed by atoms with van der Waals surface area (Å²) in [5.74, 6) is 1.61. The first kappa shape index (κ1) is 29.3. The molecule has 0 radical (unpaired) electrons. The highest BCUT2D eigenvalue weighted by Gasteiger charge is 2.37. The number of carboxylic acids is 1. The van der Waals surface area contributed by atoms with Crippen molar-refractivity contribution in [2.24, 2.45) is 11.1 Å². The lowest BCUT2D eigenvalue weighted by molar-refractivity contribution is -0.141. The van der Waals surface area contributed by atoms with Crippen LogP contribution in [0.4, 0.5) is 17.6 Å². The van der Waals surface area contributed by atoms with Gasteiger partial charge < -0.3 is 15.6 Å². The fraction of sp³-hybridized carbons (Fsp3) is 0.400. The SMILES string of the molecule is COc1ccc2ncc(CN)c([C@H](F)CCC3(CC(=O)O)CCN(CC#Cc4c(F)cc(F)cc4F)CC3)c2c1. The standard InChI is InChI=1S/C30H31F4N3O3/c1-40-21-4-5-27-23(15-21)29(19(17-35)18-36-27)24(32)6-7-30(16-28(38)39)8-11-37(12-9-30)10-2-3-22-25(33)13-20(31)14-26(22)34/h4-5,13-15,18,24H,6-12,16-17,35H2,1H3,(H,38,39)/t24-/m1/s1. The molecule has 2 aromatic carbocycles. The van der Waals surface area contributed by atoms with Crippen LogP contribution < -0.4 is 10.5 Å². The van der Waals surface area contributed by atoms with E-state index in [-0.39, 0.29) is 25.9 Å². The second-order valence-electron chi connectivity index (χ2n) is 10.2. The lowest BCUT2D eigenvalue weighted by Crippen LogP contribution is -2.41. The number of nitrogens with two attached hydrogens (primary N) is 1. The van der Waals surface area contributed by atoms with Crippen LogP contribution in [0.15, 0.2) is 36.5 Å². The monoisotopic (exact) mass is 557 g/mol. The van der Waals surface area contributed by atoms with Crippen LogP contribution in [0.25, 0.3) is 10.9 Å². The van der Waals surface area contributed by atoms with Gasteiger partial charge in [-0.05, 0) is 68.0 Å². The Labute approximate surface area is 230 Å². The molecule has 3 N–H and O–H groups in total. The number of carboxylic acid groups (broad SMARTS) is 1. The summed E-state index contributed by atoms with van der Waals surface area (Å²) in [4.78, 5) is 18.1. The minimum absolute atomic E-state index is 0.0973. The van der Waals surface area contributed by atoms with Crippen molar-refractivity contribution in [3.8, 4) is 17.6 Å². The number of nitrogens with zero attached hydrogens (tertiary/aromatic N) is 2. The average molecular weight is 558 g/mol.